The fraction of sp³-hybridized carbons (Fsp3) is 0.939. The SMILES string of the molecule is C[C@@H]1CC[C@H]2C(C(O)CO[C@@]3(C(F)(F)F)O[C@@H]4O[C@]5(C)CCC6[C@H](C)CC[C@@H]([C@H]3C)[C@]64OO5)=C(C(F)(F)F)O[C@@H]3O[C@]4(C)CCC1[C@]32OO4. The molecule has 10 aliphatic rings. The van der Waals surface area contributed by atoms with Crippen LogP contribution in [-0.2, 0) is 43.2 Å². The maximum atomic E-state index is 15.4. The number of ether oxygens (including phenoxy) is 5. The molecule has 0 radical (unpaired) electrons. The van der Waals surface area contributed by atoms with Crippen molar-refractivity contribution in [2.45, 2.75) is 146 Å². The van der Waals surface area contributed by atoms with E-state index in [0.717, 1.165) is 0 Å². The van der Waals surface area contributed by atoms with E-state index in [1.165, 1.54) is 6.92 Å². The Morgan fingerprint density at radius 1 is 0.735 bits per heavy atom. The van der Waals surface area contributed by atoms with Crippen LogP contribution in [-0.4, -0.2) is 71.3 Å². The summed E-state index contributed by atoms with van der Waals surface area (Å²) in [5.41, 5.74) is -3.59. The fourth-order valence-corrected chi connectivity index (χ4v) is 10.8. The summed E-state index contributed by atoms with van der Waals surface area (Å²) >= 11 is 0. The van der Waals surface area contributed by atoms with Gasteiger partial charge in [-0.2, -0.15) is 26.3 Å². The van der Waals surface area contributed by atoms with E-state index in [9.17, 15) is 18.3 Å². The standard InChI is InChI=1S/C33H44F6O10/c1-15-6-8-20-17(3)31(33(37,38)39,45-26-29(20)18(15)10-13-28(5,44-26)47-48-29)41-14-22(40)23-21-9-7-16(2)19-11-12-27(4)43-25(30(19,21)49-46-27)42-24(23)32(34,35)36/h15-22,25-26,40H,6-14H2,1-5H3/t15-,16-,17-,18?,19?,20+,21+,22?,25-,26+,27+,28+,29-,30-,31-/m1/s1. The third-order valence-corrected chi connectivity index (χ3v) is 13.3. The lowest BCUT2D eigenvalue weighted by atomic mass is 9.57. The van der Waals surface area contributed by atoms with Crippen LogP contribution in [0.1, 0.15) is 86.0 Å². The van der Waals surface area contributed by atoms with Gasteiger partial charge >= 0.3 is 12.4 Å². The van der Waals surface area contributed by atoms with Crippen molar-refractivity contribution in [3.05, 3.63) is 11.3 Å². The van der Waals surface area contributed by atoms with Gasteiger partial charge in [0, 0.05) is 42.1 Å². The van der Waals surface area contributed by atoms with E-state index >= 15 is 13.2 Å². The van der Waals surface area contributed by atoms with E-state index in [-0.39, 0.29) is 30.1 Å². The topological polar surface area (TPSA) is 103 Å². The van der Waals surface area contributed by atoms with Crippen LogP contribution in [0.5, 0.6) is 0 Å². The van der Waals surface area contributed by atoms with Crippen molar-refractivity contribution >= 4 is 0 Å². The Labute approximate surface area is 279 Å². The molecule has 0 aromatic rings. The Kier molecular flexibility index (Phi) is 7.75. The highest BCUT2D eigenvalue weighted by molar-refractivity contribution is 5.31. The fourth-order valence-electron chi connectivity index (χ4n) is 10.8. The molecule has 2 aliphatic carbocycles. The van der Waals surface area contributed by atoms with Gasteiger partial charge in [0.2, 0.25) is 23.6 Å². The lowest BCUT2D eigenvalue weighted by Crippen LogP contribution is -2.76. The Bertz CT molecular complexity index is 1380. The van der Waals surface area contributed by atoms with Gasteiger partial charge in [-0.15, -0.1) is 0 Å². The minimum absolute atomic E-state index is 0.0283. The van der Waals surface area contributed by atoms with Crippen LogP contribution in [0.2, 0.25) is 0 Å². The lowest BCUT2D eigenvalue weighted by molar-refractivity contribution is -0.599. The van der Waals surface area contributed by atoms with Crippen molar-refractivity contribution in [3.8, 4) is 0 Å². The molecule has 0 aromatic heterocycles. The number of alkyl halides is 6. The molecule has 9 fully saturated rings. The molecule has 8 aliphatic heterocycles. The number of halogens is 6. The van der Waals surface area contributed by atoms with Crippen molar-refractivity contribution in [3.63, 3.8) is 0 Å². The van der Waals surface area contributed by atoms with Gasteiger partial charge in [0.15, 0.2) is 17.5 Å². The van der Waals surface area contributed by atoms with Crippen molar-refractivity contribution in [1.29, 1.82) is 0 Å². The van der Waals surface area contributed by atoms with Crippen molar-refractivity contribution in [1.82, 2.24) is 0 Å². The Balaban J connectivity index is 1.16. The second-order valence-corrected chi connectivity index (χ2v) is 16.1. The van der Waals surface area contributed by atoms with Crippen LogP contribution >= 0.6 is 0 Å². The summed E-state index contributed by atoms with van der Waals surface area (Å²) in [6.45, 7) is 7.22. The highest BCUT2D eigenvalue weighted by Crippen LogP contribution is 2.65. The van der Waals surface area contributed by atoms with E-state index in [1.807, 2.05) is 13.8 Å². The predicted molar refractivity (Wildman–Crippen MR) is 151 cm³/mol. The van der Waals surface area contributed by atoms with Crippen molar-refractivity contribution in [2.75, 3.05) is 6.61 Å². The maximum absolute atomic E-state index is 15.4. The highest BCUT2D eigenvalue weighted by atomic mass is 19.4. The van der Waals surface area contributed by atoms with Gasteiger partial charge in [0.05, 0.1) is 6.61 Å². The number of fused-ring (bicyclic) bond motifs is 4. The smallest absolute Gasteiger partial charge is 0.449 e. The molecule has 3 unspecified atom stereocenters. The summed E-state index contributed by atoms with van der Waals surface area (Å²) in [4.78, 5) is 23.3. The monoisotopic (exact) mass is 714 g/mol. The van der Waals surface area contributed by atoms with Crippen molar-refractivity contribution < 1.29 is 74.7 Å². The second-order valence-electron chi connectivity index (χ2n) is 16.1. The van der Waals surface area contributed by atoms with Gasteiger partial charge in [-0.1, -0.05) is 20.8 Å². The molecule has 0 aromatic carbocycles. The highest BCUT2D eigenvalue weighted by Gasteiger charge is 2.78. The first kappa shape index (κ1) is 34.8. The number of hydrogen-bond acceptors (Lipinski definition) is 10. The summed E-state index contributed by atoms with van der Waals surface area (Å²) < 4.78 is 120. The summed E-state index contributed by atoms with van der Waals surface area (Å²) in [6, 6.07) is 0. The molecule has 278 valence electrons. The van der Waals surface area contributed by atoms with E-state index in [4.69, 9.17) is 43.2 Å². The first-order valence-corrected chi connectivity index (χ1v) is 17.4. The number of aliphatic hydroxyl groups excluding tert-OH is 1. The minimum atomic E-state index is -5.19. The molecule has 1 N–H and O–H groups in total. The average molecular weight is 715 g/mol. The molecule has 10 nitrogen and oxygen atoms in total. The van der Waals surface area contributed by atoms with Crippen LogP contribution in [0.3, 0.4) is 0 Å². The molecule has 15 atom stereocenters. The van der Waals surface area contributed by atoms with E-state index in [1.54, 1.807) is 13.8 Å². The quantitative estimate of drug-likeness (QED) is 0.254. The van der Waals surface area contributed by atoms with E-state index in [2.05, 4.69) is 0 Å². The summed E-state index contributed by atoms with van der Waals surface area (Å²) in [7, 11) is 0. The van der Waals surface area contributed by atoms with Gasteiger partial charge in [0.1, 0.15) is 6.10 Å². The minimum Gasteiger partial charge on any atom is -0.456 e. The van der Waals surface area contributed by atoms with Gasteiger partial charge in [-0.25, -0.2) is 19.6 Å². The number of aliphatic hydroxyl groups is 1. The molecule has 49 heavy (non-hydrogen) atoms. The maximum Gasteiger partial charge on any atom is 0.449 e. The van der Waals surface area contributed by atoms with Crippen LogP contribution < -0.4 is 0 Å². The summed E-state index contributed by atoms with van der Waals surface area (Å²) in [5, 5.41) is 11.7. The first-order chi connectivity index (χ1) is 22.8. The Morgan fingerprint density at radius 2 is 1.31 bits per heavy atom. The first-order valence-electron chi connectivity index (χ1n) is 17.4. The van der Waals surface area contributed by atoms with E-state index in [0.29, 0.717) is 44.9 Å². The molecule has 16 heteroatoms. The molecule has 2 saturated carbocycles. The summed E-state index contributed by atoms with van der Waals surface area (Å²) in [6.07, 6.45) is -12.4. The number of hydrogen-bond donors (Lipinski definition) is 1. The largest absolute Gasteiger partial charge is 0.456 e. The van der Waals surface area contributed by atoms with Gasteiger partial charge in [-0.05, 0) is 70.1 Å². The molecule has 0 amide bonds. The summed E-state index contributed by atoms with van der Waals surface area (Å²) in [5.74, 6) is -11.6. The zero-order valence-corrected chi connectivity index (χ0v) is 28.0. The zero-order chi connectivity index (χ0) is 35.2. The Hall–Kier alpha value is -1.24. The van der Waals surface area contributed by atoms with Gasteiger partial charge in [-0.3, -0.25) is 0 Å². The third kappa shape index (κ3) is 4.73. The molecule has 2 spiro atoms. The van der Waals surface area contributed by atoms with Crippen LogP contribution in [0.25, 0.3) is 0 Å². The molecule has 10 rings (SSSR count). The molecule has 4 bridgehead atoms. The van der Waals surface area contributed by atoms with Crippen molar-refractivity contribution in [2.24, 2.45) is 41.4 Å². The van der Waals surface area contributed by atoms with Gasteiger partial charge < -0.3 is 28.8 Å². The van der Waals surface area contributed by atoms with Crippen LogP contribution in [0, 0.1) is 41.4 Å². The lowest BCUT2D eigenvalue weighted by Gasteiger charge is -2.63. The molecular formula is C33H44F6O10. The Morgan fingerprint density at radius 3 is 1.92 bits per heavy atom. The second kappa shape index (κ2) is 10.9. The van der Waals surface area contributed by atoms with Crippen LogP contribution in [0.4, 0.5) is 26.3 Å². The third-order valence-electron chi connectivity index (χ3n) is 13.3. The molecule has 7 saturated heterocycles. The number of rotatable bonds is 4. The van der Waals surface area contributed by atoms with Gasteiger partial charge in [0.25, 0.3) is 5.79 Å². The zero-order valence-electron chi connectivity index (χ0n) is 28.0. The van der Waals surface area contributed by atoms with E-state index < -0.39 is 95.3 Å². The van der Waals surface area contributed by atoms with Crippen LogP contribution in [0.15, 0.2) is 11.3 Å². The molecule has 8 heterocycles. The average Bonchev–Trinajstić information content (AvgIpc) is 3.39. The normalized spacial score (nSPS) is 52.9. The predicted octanol–water partition coefficient (Wildman–Crippen LogP) is 6.57. The molecular weight excluding hydrogens is 670 g/mol. The number of allylic oxidation sites excluding steroid dienone is 1.